The number of carboxylic acid groups (broad SMARTS) is 1. The van der Waals surface area contributed by atoms with Crippen LogP contribution in [0.1, 0.15) is 34.8 Å². The molecule has 2 heterocycles. The highest BCUT2D eigenvalue weighted by atomic mass is 16.7. The van der Waals surface area contributed by atoms with Gasteiger partial charge in [0, 0.05) is 5.92 Å². The number of aromatic carboxylic acids is 1. The quantitative estimate of drug-likeness (QED) is 0.872. The molecule has 4 rings (SSSR count). The molecule has 0 amide bonds. The first kappa shape index (κ1) is 11.3. The molecule has 0 bridgehead atoms. The molecule has 0 radical (unpaired) electrons. The normalized spacial score (nSPS) is 16.6. The third kappa shape index (κ3) is 1.44. The van der Waals surface area contributed by atoms with Crippen LogP contribution in [-0.2, 0) is 0 Å². The molecule has 20 heavy (non-hydrogen) atoms. The second-order valence-electron chi connectivity index (χ2n) is 4.99. The lowest BCUT2D eigenvalue weighted by Gasteiger charge is -2.11. The van der Waals surface area contributed by atoms with Crippen molar-refractivity contribution in [2.24, 2.45) is 0 Å². The van der Waals surface area contributed by atoms with E-state index in [9.17, 15) is 15.0 Å². The molecule has 1 aliphatic heterocycles. The number of aromatic hydroxyl groups is 1. The highest BCUT2D eigenvalue weighted by Gasteiger charge is 2.33. The fraction of sp³-hybridized carbons (Fsp3) is 0.286. The highest BCUT2D eigenvalue weighted by Crippen LogP contribution is 2.48. The van der Waals surface area contributed by atoms with E-state index in [1.54, 1.807) is 12.1 Å². The molecular weight excluding hydrogens is 262 g/mol. The van der Waals surface area contributed by atoms with Crippen molar-refractivity contribution in [2.45, 2.75) is 18.8 Å². The molecular formula is C14H11NO5. The lowest BCUT2D eigenvalue weighted by Crippen LogP contribution is -2.04. The van der Waals surface area contributed by atoms with E-state index in [-0.39, 0.29) is 24.0 Å². The first-order valence-electron chi connectivity index (χ1n) is 6.35. The second kappa shape index (κ2) is 3.75. The number of pyridine rings is 1. The molecule has 1 aromatic heterocycles. The number of hydrogen-bond donors (Lipinski definition) is 2. The molecule has 102 valence electrons. The van der Waals surface area contributed by atoms with Crippen molar-refractivity contribution < 1.29 is 24.5 Å². The maximum Gasteiger partial charge on any atom is 0.340 e. The molecule has 2 aromatic rings. The van der Waals surface area contributed by atoms with E-state index >= 15 is 0 Å². The fourth-order valence-electron chi connectivity index (χ4n) is 2.58. The lowest BCUT2D eigenvalue weighted by atomic mass is 10.0. The molecule has 0 unspecified atom stereocenters. The van der Waals surface area contributed by atoms with Crippen LogP contribution < -0.4 is 9.47 Å². The van der Waals surface area contributed by atoms with Crippen molar-refractivity contribution in [3.8, 4) is 17.2 Å². The summed E-state index contributed by atoms with van der Waals surface area (Å²) in [5, 5.41) is 20.0. The van der Waals surface area contributed by atoms with E-state index in [2.05, 4.69) is 4.98 Å². The molecule has 0 spiro atoms. The van der Waals surface area contributed by atoms with Gasteiger partial charge in [-0.1, -0.05) is 0 Å². The van der Waals surface area contributed by atoms with Gasteiger partial charge in [0.15, 0.2) is 17.2 Å². The second-order valence-corrected chi connectivity index (χ2v) is 4.99. The zero-order valence-electron chi connectivity index (χ0n) is 10.4. The van der Waals surface area contributed by atoms with Crippen LogP contribution in [0, 0.1) is 0 Å². The first-order valence-corrected chi connectivity index (χ1v) is 6.35. The Hall–Kier alpha value is -2.50. The average molecular weight is 273 g/mol. The summed E-state index contributed by atoms with van der Waals surface area (Å²) in [4.78, 5) is 16.0. The highest BCUT2D eigenvalue weighted by molar-refractivity contribution is 6.08. The Kier molecular flexibility index (Phi) is 2.13. The van der Waals surface area contributed by atoms with Crippen molar-refractivity contribution in [1.29, 1.82) is 0 Å². The van der Waals surface area contributed by atoms with Crippen molar-refractivity contribution in [2.75, 3.05) is 6.79 Å². The summed E-state index contributed by atoms with van der Waals surface area (Å²) < 4.78 is 10.6. The molecule has 1 saturated carbocycles. The van der Waals surface area contributed by atoms with Crippen LogP contribution >= 0.6 is 0 Å². The summed E-state index contributed by atoms with van der Waals surface area (Å²) in [6, 6.07) is 3.40. The van der Waals surface area contributed by atoms with E-state index in [0.29, 0.717) is 28.1 Å². The number of ether oxygens (including phenoxy) is 2. The van der Waals surface area contributed by atoms with Gasteiger partial charge in [0.25, 0.3) is 0 Å². The molecule has 6 heteroatoms. The van der Waals surface area contributed by atoms with Crippen LogP contribution in [0.4, 0.5) is 0 Å². The number of fused-ring (bicyclic) bond motifs is 3. The van der Waals surface area contributed by atoms with Gasteiger partial charge < -0.3 is 19.7 Å². The molecule has 1 fully saturated rings. The Morgan fingerprint density at radius 3 is 2.80 bits per heavy atom. The van der Waals surface area contributed by atoms with Gasteiger partial charge in [0.2, 0.25) is 6.79 Å². The van der Waals surface area contributed by atoms with Gasteiger partial charge in [-0.05, 0) is 25.0 Å². The zero-order chi connectivity index (χ0) is 13.9. The van der Waals surface area contributed by atoms with Crippen molar-refractivity contribution >= 4 is 16.9 Å². The minimum atomic E-state index is -1.19. The zero-order valence-corrected chi connectivity index (χ0v) is 10.4. The van der Waals surface area contributed by atoms with Crippen molar-refractivity contribution in [1.82, 2.24) is 4.98 Å². The molecule has 6 nitrogen and oxygen atoms in total. The smallest absolute Gasteiger partial charge is 0.340 e. The number of carbonyl (C=O) groups is 1. The summed E-state index contributed by atoms with van der Waals surface area (Å²) in [7, 11) is 0. The number of rotatable bonds is 2. The van der Waals surface area contributed by atoms with Gasteiger partial charge in [0.1, 0.15) is 5.56 Å². The van der Waals surface area contributed by atoms with Gasteiger partial charge in [-0.2, -0.15) is 0 Å². The van der Waals surface area contributed by atoms with Crippen LogP contribution in [-0.4, -0.2) is 28.0 Å². The Bertz CT molecular complexity index is 751. The van der Waals surface area contributed by atoms with E-state index < -0.39 is 5.97 Å². The van der Waals surface area contributed by atoms with E-state index in [1.165, 1.54) is 0 Å². The van der Waals surface area contributed by atoms with Crippen LogP contribution in [0.25, 0.3) is 10.9 Å². The Morgan fingerprint density at radius 2 is 2.10 bits per heavy atom. The summed E-state index contributed by atoms with van der Waals surface area (Å²) in [6.07, 6.45) is 1.85. The Labute approximate surface area is 113 Å². The van der Waals surface area contributed by atoms with Crippen LogP contribution in [0.5, 0.6) is 17.2 Å². The maximum atomic E-state index is 11.5. The summed E-state index contributed by atoms with van der Waals surface area (Å²) in [5.74, 6) is -0.481. The number of aromatic nitrogens is 1. The topological polar surface area (TPSA) is 88.9 Å². The number of hydrogen-bond acceptors (Lipinski definition) is 5. The monoisotopic (exact) mass is 273 g/mol. The van der Waals surface area contributed by atoms with Crippen molar-refractivity contribution in [3.05, 3.63) is 23.4 Å². The Morgan fingerprint density at radius 1 is 1.30 bits per heavy atom. The minimum Gasteiger partial charge on any atom is -0.505 e. The van der Waals surface area contributed by atoms with Crippen LogP contribution in [0.15, 0.2) is 12.1 Å². The van der Waals surface area contributed by atoms with Crippen LogP contribution in [0.2, 0.25) is 0 Å². The number of benzene rings is 1. The molecule has 2 N–H and O–H groups in total. The molecule has 0 atom stereocenters. The van der Waals surface area contributed by atoms with Gasteiger partial charge in [-0.25, -0.2) is 9.78 Å². The predicted molar refractivity (Wildman–Crippen MR) is 68.5 cm³/mol. The fourth-order valence-corrected chi connectivity index (χ4v) is 2.58. The predicted octanol–water partition coefficient (Wildman–Crippen LogP) is 2.24. The average Bonchev–Trinajstić information content (AvgIpc) is 3.14. The number of carboxylic acids is 1. The molecule has 2 aliphatic rings. The van der Waals surface area contributed by atoms with E-state index in [1.807, 2.05) is 0 Å². The largest absolute Gasteiger partial charge is 0.505 e. The van der Waals surface area contributed by atoms with Crippen LogP contribution in [0.3, 0.4) is 0 Å². The lowest BCUT2D eigenvalue weighted by molar-refractivity contribution is 0.0695. The molecule has 1 aromatic carbocycles. The van der Waals surface area contributed by atoms with Crippen molar-refractivity contribution in [3.63, 3.8) is 0 Å². The van der Waals surface area contributed by atoms with Gasteiger partial charge in [0.05, 0.1) is 16.6 Å². The summed E-state index contributed by atoms with van der Waals surface area (Å²) >= 11 is 0. The van der Waals surface area contributed by atoms with E-state index in [0.717, 1.165) is 12.8 Å². The standard InChI is InChI=1S/C14H11NO5/c16-12-10(14(17)18)9-7(15-11(12)6-1-2-6)3-4-8-13(9)20-5-19-8/h3-4,6,16H,1-2,5H2,(H,17,18). The number of nitrogens with zero attached hydrogens (tertiary/aromatic N) is 1. The van der Waals surface area contributed by atoms with Gasteiger partial charge in [-0.3, -0.25) is 0 Å². The Balaban J connectivity index is 2.12. The minimum absolute atomic E-state index is 0.0403. The SMILES string of the molecule is O=C(O)c1c(O)c(C2CC2)nc2ccc3c(c12)OCO3. The third-order valence-corrected chi connectivity index (χ3v) is 3.67. The van der Waals surface area contributed by atoms with Gasteiger partial charge in [-0.15, -0.1) is 0 Å². The third-order valence-electron chi connectivity index (χ3n) is 3.67. The first-order chi connectivity index (χ1) is 9.66. The molecule has 1 aliphatic carbocycles. The summed E-state index contributed by atoms with van der Waals surface area (Å²) in [5.41, 5.74) is 0.819. The van der Waals surface area contributed by atoms with Gasteiger partial charge >= 0.3 is 5.97 Å². The summed E-state index contributed by atoms with van der Waals surface area (Å²) in [6.45, 7) is 0.0403. The maximum absolute atomic E-state index is 11.5. The molecule has 0 saturated heterocycles. The van der Waals surface area contributed by atoms with E-state index in [4.69, 9.17) is 9.47 Å².